The maximum Gasteiger partial charge on any atom is 0.0508 e. The van der Waals surface area contributed by atoms with Crippen LogP contribution in [0.15, 0.2) is 28.7 Å². The summed E-state index contributed by atoms with van der Waals surface area (Å²) in [4.78, 5) is 0. The van der Waals surface area contributed by atoms with Crippen molar-refractivity contribution in [3.05, 3.63) is 34.3 Å². The number of hydrazine groups is 1. The van der Waals surface area contributed by atoms with Gasteiger partial charge in [-0.1, -0.05) is 34.5 Å². The van der Waals surface area contributed by atoms with Crippen molar-refractivity contribution in [2.24, 2.45) is 17.6 Å². The first-order chi connectivity index (χ1) is 9.29. The average molecular weight is 324 g/mol. The third-order valence-electron chi connectivity index (χ3n) is 4.67. The van der Waals surface area contributed by atoms with Crippen LogP contribution in [0.1, 0.15) is 37.3 Å². The fourth-order valence-corrected chi connectivity index (χ4v) is 4.07. The Hall–Kier alpha value is -0.420. The van der Waals surface area contributed by atoms with E-state index in [2.05, 4.69) is 51.0 Å². The van der Waals surface area contributed by atoms with Gasteiger partial charge in [-0.2, -0.15) is 0 Å². The predicted molar refractivity (Wildman–Crippen MR) is 81.4 cm³/mol. The normalized spacial score (nSPS) is 34.2. The minimum absolute atomic E-state index is 0.426. The van der Waals surface area contributed by atoms with Crippen molar-refractivity contribution in [3.63, 3.8) is 0 Å². The van der Waals surface area contributed by atoms with E-state index in [4.69, 9.17) is 5.73 Å². The van der Waals surface area contributed by atoms with Crippen molar-refractivity contribution < 1.29 is 0 Å². The van der Waals surface area contributed by atoms with E-state index in [0.717, 1.165) is 23.4 Å². The second kappa shape index (κ2) is 5.92. The van der Waals surface area contributed by atoms with Gasteiger partial charge >= 0.3 is 0 Å². The summed E-state index contributed by atoms with van der Waals surface area (Å²) in [5.41, 5.74) is 14.2. The van der Waals surface area contributed by atoms with Crippen molar-refractivity contribution in [2.45, 2.75) is 37.8 Å². The molecule has 1 saturated heterocycles. The zero-order valence-corrected chi connectivity index (χ0v) is 12.7. The summed E-state index contributed by atoms with van der Waals surface area (Å²) in [5.74, 6) is 1.43. The Kier molecular flexibility index (Phi) is 4.22. The minimum atomic E-state index is 0.426. The van der Waals surface area contributed by atoms with Crippen LogP contribution < -0.4 is 16.6 Å². The highest BCUT2D eigenvalue weighted by Gasteiger charge is 2.43. The van der Waals surface area contributed by atoms with Crippen molar-refractivity contribution in [2.75, 3.05) is 6.54 Å². The maximum atomic E-state index is 5.80. The Morgan fingerprint density at radius 2 is 1.95 bits per heavy atom. The summed E-state index contributed by atoms with van der Waals surface area (Å²) < 4.78 is 1.14. The Morgan fingerprint density at radius 3 is 2.68 bits per heavy atom. The zero-order chi connectivity index (χ0) is 13.2. The second-order valence-electron chi connectivity index (χ2n) is 5.77. The summed E-state index contributed by atoms with van der Waals surface area (Å²) >= 11 is 3.51. The summed E-state index contributed by atoms with van der Waals surface area (Å²) in [7, 11) is 0. The summed E-state index contributed by atoms with van der Waals surface area (Å²) in [5, 5.41) is 0. The number of hydrogen-bond acceptors (Lipinski definition) is 3. The van der Waals surface area contributed by atoms with Crippen LogP contribution in [0.3, 0.4) is 0 Å². The van der Waals surface area contributed by atoms with Crippen LogP contribution in [-0.2, 0) is 0 Å². The lowest BCUT2D eigenvalue weighted by molar-refractivity contribution is 0.194. The second-order valence-corrected chi connectivity index (χ2v) is 6.69. The molecule has 4 atom stereocenters. The highest BCUT2D eigenvalue weighted by Crippen LogP contribution is 2.43. The lowest BCUT2D eigenvalue weighted by atomic mass is 9.71. The van der Waals surface area contributed by atoms with Gasteiger partial charge in [0.1, 0.15) is 0 Å². The maximum absolute atomic E-state index is 5.80. The first-order valence-corrected chi connectivity index (χ1v) is 8.05. The van der Waals surface area contributed by atoms with Gasteiger partial charge in [0.25, 0.3) is 0 Å². The fraction of sp³-hybridized carbons (Fsp3) is 0.600. The molecule has 2 fully saturated rings. The van der Waals surface area contributed by atoms with E-state index >= 15 is 0 Å². The Labute approximate surface area is 123 Å². The van der Waals surface area contributed by atoms with E-state index in [1.165, 1.54) is 24.8 Å². The molecule has 4 N–H and O–H groups in total. The molecule has 1 aromatic rings. The largest absolute Gasteiger partial charge is 0.330 e. The molecule has 0 bridgehead atoms. The fourth-order valence-electron chi connectivity index (χ4n) is 3.81. The number of hydrogen-bond donors (Lipinski definition) is 3. The Morgan fingerprint density at radius 1 is 1.16 bits per heavy atom. The monoisotopic (exact) mass is 323 g/mol. The standard InChI is InChI=1S/C15H22BrN3/c16-12-6-4-11(5-7-12)15-14-10(8-9-17)2-1-3-13(14)18-19-15/h4-7,10,13-15,18-19H,1-3,8-9,17H2. The molecule has 0 amide bonds. The van der Waals surface area contributed by atoms with Crippen LogP contribution in [0, 0.1) is 11.8 Å². The predicted octanol–water partition coefficient (Wildman–Crippen LogP) is 2.73. The van der Waals surface area contributed by atoms with Gasteiger partial charge in [-0.3, -0.25) is 5.43 Å². The summed E-state index contributed by atoms with van der Waals surface area (Å²) in [6.45, 7) is 0.806. The topological polar surface area (TPSA) is 50.1 Å². The Balaban J connectivity index is 1.83. The molecule has 0 aromatic heterocycles. The first-order valence-electron chi connectivity index (χ1n) is 7.26. The molecule has 4 unspecified atom stereocenters. The van der Waals surface area contributed by atoms with E-state index in [1.807, 2.05) is 0 Å². The third-order valence-corrected chi connectivity index (χ3v) is 5.20. The van der Waals surface area contributed by atoms with Gasteiger partial charge in [-0.15, -0.1) is 0 Å². The highest BCUT2D eigenvalue weighted by molar-refractivity contribution is 9.10. The van der Waals surface area contributed by atoms with Crippen LogP contribution in [0.2, 0.25) is 0 Å². The van der Waals surface area contributed by atoms with Crippen LogP contribution in [-0.4, -0.2) is 12.6 Å². The number of nitrogens with two attached hydrogens (primary N) is 1. The van der Waals surface area contributed by atoms with Crippen molar-refractivity contribution in [3.8, 4) is 0 Å². The van der Waals surface area contributed by atoms with Gasteiger partial charge in [0, 0.05) is 10.5 Å². The number of fused-ring (bicyclic) bond motifs is 1. The molecular weight excluding hydrogens is 302 g/mol. The van der Waals surface area contributed by atoms with Crippen molar-refractivity contribution in [1.82, 2.24) is 10.9 Å². The molecular formula is C15H22BrN3. The summed E-state index contributed by atoms with van der Waals surface area (Å²) in [6, 6.07) is 9.74. The molecule has 2 aliphatic rings. The molecule has 1 heterocycles. The molecule has 0 spiro atoms. The number of benzene rings is 1. The number of halogens is 1. The minimum Gasteiger partial charge on any atom is -0.330 e. The highest BCUT2D eigenvalue weighted by atomic mass is 79.9. The molecule has 4 heteroatoms. The molecule has 3 nitrogen and oxygen atoms in total. The van der Waals surface area contributed by atoms with Crippen LogP contribution in [0.4, 0.5) is 0 Å². The SMILES string of the molecule is NCCC1CCCC2NNC(c3ccc(Br)cc3)C12. The van der Waals surface area contributed by atoms with Crippen LogP contribution in [0.25, 0.3) is 0 Å². The van der Waals surface area contributed by atoms with Crippen LogP contribution >= 0.6 is 15.9 Å². The van der Waals surface area contributed by atoms with Gasteiger partial charge < -0.3 is 5.73 Å². The molecule has 19 heavy (non-hydrogen) atoms. The molecule has 0 radical (unpaired) electrons. The molecule has 1 aromatic carbocycles. The van der Waals surface area contributed by atoms with Gasteiger partial charge in [0.05, 0.1) is 6.04 Å². The van der Waals surface area contributed by atoms with E-state index in [-0.39, 0.29) is 0 Å². The summed E-state index contributed by atoms with van der Waals surface area (Å²) in [6.07, 6.45) is 5.09. The molecule has 104 valence electrons. The smallest absolute Gasteiger partial charge is 0.0508 e. The molecule has 1 aliphatic carbocycles. The van der Waals surface area contributed by atoms with E-state index in [9.17, 15) is 0 Å². The quantitative estimate of drug-likeness (QED) is 0.801. The van der Waals surface area contributed by atoms with Crippen molar-refractivity contribution >= 4 is 15.9 Å². The molecule has 3 rings (SSSR count). The Bertz CT molecular complexity index is 418. The third kappa shape index (κ3) is 2.72. The lowest BCUT2D eigenvalue weighted by Gasteiger charge is -2.35. The van der Waals surface area contributed by atoms with Crippen molar-refractivity contribution in [1.29, 1.82) is 0 Å². The van der Waals surface area contributed by atoms with E-state index < -0.39 is 0 Å². The molecule has 1 saturated carbocycles. The van der Waals surface area contributed by atoms with Gasteiger partial charge in [0.2, 0.25) is 0 Å². The molecule has 1 aliphatic heterocycles. The van der Waals surface area contributed by atoms with Crippen LogP contribution in [0.5, 0.6) is 0 Å². The van der Waals surface area contributed by atoms with E-state index in [0.29, 0.717) is 18.0 Å². The number of rotatable bonds is 3. The van der Waals surface area contributed by atoms with Gasteiger partial charge in [0.15, 0.2) is 0 Å². The lowest BCUT2D eigenvalue weighted by Crippen LogP contribution is -2.37. The van der Waals surface area contributed by atoms with Gasteiger partial charge in [-0.25, -0.2) is 5.43 Å². The average Bonchev–Trinajstić information content (AvgIpc) is 2.85. The zero-order valence-electron chi connectivity index (χ0n) is 11.1. The van der Waals surface area contributed by atoms with E-state index in [1.54, 1.807) is 0 Å². The van der Waals surface area contributed by atoms with Gasteiger partial charge in [-0.05, 0) is 55.3 Å². The first kappa shape index (κ1) is 13.6. The number of nitrogens with one attached hydrogen (secondary N) is 2.